The summed E-state index contributed by atoms with van der Waals surface area (Å²) in [6.07, 6.45) is 0.975. The Labute approximate surface area is 178 Å². The van der Waals surface area contributed by atoms with E-state index in [1.165, 1.54) is 0 Å². The first-order valence-corrected chi connectivity index (χ1v) is 8.86. The second-order valence-electron chi connectivity index (χ2n) is 5.93. The Morgan fingerprint density at radius 2 is 2.04 bits per heavy atom. The van der Waals surface area contributed by atoms with Crippen LogP contribution in [-0.2, 0) is 4.74 Å². The van der Waals surface area contributed by atoms with Crippen molar-refractivity contribution in [3.8, 4) is 0 Å². The summed E-state index contributed by atoms with van der Waals surface area (Å²) in [7, 11) is 4.08. The number of guanidine groups is 1. The maximum atomic E-state index is 6.22. The highest BCUT2D eigenvalue weighted by Gasteiger charge is 2.12. The van der Waals surface area contributed by atoms with Crippen molar-refractivity contribution in [2.75, 3.05) is 33.8 Å². The minimum absolute atomic E-state index is 0. The summed E-state index contributed by atoms with van der Waals surface area (Å²) in [6.45, 7) is 6.10. The van der Waals surface area contributed by atoms with Crippen molar-refractivity contribution in [1.29, 1.82) is 0 Å². The van der Waals surface area contributed by atoms with Gasteiger partial charge in [0.05, 0.1) is 18.7 Å². The lowest BCUT2D eigenvalue weighted by Crippen LogP contribution is -2.35. The monoisotopic (exact) mass is 502 g/mol. The second-order valence-corrected chi connectivity index (χ2v) is 6.77. The van der Waals surface area contributed by atoms with Gasteiger partial charge in [-0.15, -0.1) is 24.0 Å². The molecular weight excluding hydrogens is 474 g/mol. The van der Waals surface area contributed by atoms with Gasteiger partial charge in [-0.2, -0.15) is 0 Å². The molecule has 3 N–H and O–H groups in total. The number of nitrogens with two attached hydrogens (primary N) is 1. The zero-order valence-corrected chi connectivity index (χ0v) is 19.1. The standard InChI is InChI=1S/C17H28Cl2N4O.HI/c1-5-24-14(8-9-23(3)4)11-21-17(20)22-12(2)15-7-6-13(18)10-16(15)19;/h6-7,10,12,14H,5,8-9,11H2,1-4H3,(H3,20,21,22);1H. The summed E-state index contributed by atoms with van der Waals surface area (Å²) >= 11 is 12.1. The lowest BCUT2D eigenvalue weighted by Gasteiger charge is -2.19. The highest BCUT2D eigenvalue weighted by atomic mass is 127. The van der Waals surface area contributed by atoms with E-state index in [0.29, 0.717) is 29.2 Å². The molecule has 0 aliphatic heterocycles. The number of halogens is 3. The Morgan fingerprint density at radius 1 is 1.36 bits per heavy atom. The molecule has 0 aliphatic rings. The first-order chi connectivity index (χ1) is 11.3. The second kappa shape index (κ2) is 13.0. The fourth-order valence-electron chi connectivity index (χ4n) is 2.26. The minimum atomic E-state index is -0.0640. The van der Waals surface area contributed by atoms with Crippen LogP contribution in [0.5, 0.6) is 0 Å². The van der Waals surface area contributed by atoms with Gasteiger partial charge in [-0.3, -0.25) is 4.99 Å². The number of aliphatic imine (C=N–C) groups is 1. The van der Waals surface area contributed by atoms with Crippen LogP contribution in [0.15, 0.2) is 23.2 Å². The number of ether oxygens (including phenoxy) is 1. The number of nitrogens with one attached hydrogen (secondary N) is 1. The molecule has 5 nitrogen and oxygen atoms in total. The van der Waals surface area contributed by atoms with Crippen molar-refractivity contribution in [1.82, 2.24) is 10.2 Å². The average Bonchev–Trinajstić information content (AvgIpc) is 2.49. The van der Waals surface area contributed by atoms with Crippen molar-refractivity contribution in [3.05, 3.63) is 33.8 Å². The molecule has 0 saturated carbocycles. The molecule has 1 rings (SSSR count). The molecule has 0 aliphatic carbocycles. The number of hydrogen-bond donors (Lipinski definition) is 2. The molecule has 0 radical (unpaired) electrons. The molecule has 1 aromatic carbocycles. The molecule has 0 amide bonds. The van der Waals surface area contributed by atoms with Crippen LogP contribution < -0.4 is 11.1 Å². The molecular formula is C17H29Cl2IN4O. The number of hydrogen-bond acceptors (Lipinski definition) is 3. The Hall–Kier alpha value is -0.280. The van der Waals surface area contributed by atoms with E-state index in [2.05, 4.69) is 15.2 Å². The minimum Gasteiger partial charge on any atom is -0.377 e. The van der Waals surface area contributed by atoms with E-state index in [4.69, 9.17) is 33.7 Å². The molecule has 2 atom stereocenters. The summed E-state index contributed by atoms with van der Waals surface area (Å²) in [5.41, 5.74) is 6.92. The van der Waals surface area contributed by atoms with Gasteiger partial charge in [0.15, 0.2) is 5.96 Å². The normalized spacial score (nSPS) is 14.1. The summed E-state index contributed by atoms with van der Waals surface area (Å²) in [4.78, 5) is 6.53. The quantitative estimate of drug-likeness (QED) is 0.305. The zero-order valence-electron chi connectivity index (χ0n) is 15.3. The number of rotatable bonds is 9. The summed E-state index contributed by atoms with van der Waals surface area (Å²) in [5, 5.41) is 4.37. The van der Waals surface area contributed by atoms with Gasteiger partial charge in [-0.05, 0) is 52.1 Å². The molecule has 0 heterocycles. The van der Waals surface area contributed by atoms with E-state index in [9.17, 15) is 0 Å². The van der Waals surface area contributed by atoms with Crippen molar-refractivity contribution in [2.45, 2.75) is 32.4 Å². The first-order valence-electron chi connectivity index (χ1n) is 8.11. The van der Waals surface area contributed by atoms with E-state index >= 15 is 0 Å². The highest BCUT2D eigenvalue weighted by molar-refractivity contribution is 14.0. The Balaban J connectivity index is 0.00000576. The fraction of sp³-hybridized carbons (Fsp3) is 0.588. The number of benzene rings is 1. The van der Waals surface area contributed by atoms with Crippen LogP contribution in [0, 0.1) is 0 Å². The summed E-state index contributed by atoms with van der Waals surface area (Å²) in [6, 6.07) is 5.35. The Bertz CT molecular complexity index is 543. The average molecular weight is 503 g/mol. The van der Waals surface area contributed by atoms with Gasteiger partial charge in [0.2, 0.25) is 0 Å². The molecule has 25 heavy (non-hydrogen) atoms. The van der Waals surface area contributed by atoms with Gasteiger partial charge >= 0.3 is 0 Å². The number of nitrogens with zero attached hydrogens (tertiary/aromatic N) is 2. The molecule has 1 aromatic rings. The highest BCUT2D eigenvalue weighted by Crippen LogP contribution is 2.25. The molecule has 0 aromatic heterocycles. The van der Waals surface area contributed by atoms with Crippen LogP contribution in [0.4, 0.5) is 0 Å². The molecule has 0 fully saturated rings. The van der Waals surface area contributed by atoms with Crippen LogP contribution in [0.25, 0.3) is 0 Å². The summed E-state index contributed by atoms with van der Waals surface area (Å²) in [5.74, 6) is 0.378. The van der Waals surface area contributed by atoms with E-state index in [-0.39, 0.29) is 36.1 Å². The van der Waals surface area contributed by atoms with E-state index in [1.54, 1.807) is 12.1 Å². The van der Waals surface area contributed by atoms with E-state index in [0.717, 1.165) is 18.5 Å². The maximum Gasteiger partial charge on any atom is 0.189 e. The zero-order chi connectivity index (χ0) is 18.1. The van der Waals surface area contributed by atoms with Crippen molar-refractivity contribution in [3.63, 3.8) is 0 Å². The molecule has 144 valence electrons. The van der Waals surface area contributed by atoms with Crippen LogP contribution >= 0.6 is 47.2 Å². The van der Waals surface area contributed by atoms with Crippen LogP contribution in [-0.4, -0.2) is 50.8 Å². The third-order valence-electron chi connectivity index (χ3n) is 3.56. The van der Waals surface area contributed by atoms with Gasteiger partial charge in [0.1, 0.15) is 0 Å². The lowest BCUT2D eigenvalue weighted by atomic mass is 10.1. The van der Waals surface area contributed by atoms with Gasteiger partial charge in [-0.1, -0.05) is 29.3 Å². The van der Waals surface area contributed by atoms with Crippen LogP contribution in [0.1, 0.15) is 31.9 Å². The van der Waals surface area contributed by atoms with Gasteiger partial charge in [0.25, 0.3) is 0 Å². The van der Waals surface area contributed by atoms with Gasteiger partial charge in [-0.25, -0.2) is 0 Å². The van der Waals surface area contributed by atoms with Crippen molar-refractivity contribution in [2.24, 2.45) is 10.7 Å². The van der Waals surface area contributed by atoms with Crippen LogP contribution in [0.2, 0.25) is 10.0 Å². The van der Waals surface area contributed by atoms with E-state index < -0.39 is 0 Å². The maximum absolute atomic E-state index is 6.22. The van der Waals surface area contributed by atoms with Crippen molar-refractivity contribution < 1.29 is 4.74 Å². The molecule has 0 bridgehead atoms. The Kier molecular flexibility index (Phi) is 12.8. The SMILES string of the molecule is CCOC(CCN(C)C)CN=C(N)NC(C)c1ccc(Cl)cc1Cl.I. The third kappa shape index (κ3) is 9.84. The predicted molar refractivity (Wildman–Crippen MR) is 119 cm³/mol. The van der Waals surface area contributed by atoms with Gasteiger partial charge in [0, 0.05) is 23.2 Å². The largest absolute Gasteiger partial charge is 0.377 e. The molecule has 2 unspecified atom stereocenters. The fourth-order valence-corrected chi connectivity index (χ4v) is 2.84. The van der Waals surface area contributed by atoms with Gasteiger partial charge < -0.3 is 20.7 Å². The first kappa shape index (κ1) is 24.7. The Morgan fingerprint density at radius 3 is 2.60 bits per heavy atom. The molecule has 0 spiro atoms. The smallest absolute Gasteiger partial charge is 0.189 e. The van der Waals surface area contributed by atoms with E-state index in [1.807, 2.05) is 34.0 Å². The molecule has 0 saturated heterocycles. The topological polar surface area (TPSA) is 62.9 Å². The van der Waals surface area contributed by atoms with Crippen molar-refractivity contribution >= 4 is 53.1 Å². The third-order valence-corrected chi connectivity index (χ3v) is 4.12. The predicted octanol–water partition coefficient (Wildman–Crippen LogP) is 3.93. The van der Waals surface area contributed by atoms with Crippen LogP contribution in [0.3, 0.4) is 0 Å². The lowest BCUT2D eigenvalue weighted by molar-refractivity contribution is 0.0582. The summed E-state index contributed by atoms with van der Waals surface area (Å²) < 4.78 is 5.71. The molecule has 8 heteroatoms.